The molecule has 4 rings (SSSR count). The van der Waals surface area contributed by atoms with Crippen LogP contribution < -0.4 is 5.32 Å². The first-order chi connectivity index (χ1) is 15.6. The molecule has 6 heteroatoms. The van der Waals surface area contributed by atoms with Gasteiger partial charge in [0, 0.05) is 19.4 Å². The van der Waals surface area contributed by atoms with Crippen LogP contribution in [-0.2, 0) is 32.0 Å². The molecular formula is C27H36N2O4. The van der Waals surface area contributed by atoms with Crippen LogP contribution >= 0.6 is 0 Å². The third-order valence-corrected chi connectivity index (χ3v) is 8.50. The molecule has 1 aliphatic heterocycles. The van der Waals surface area contributed by atoms with Crippen LogP contribution in [0.2, 0.25) is 0 Å². The first-order valence-electron chi connectivity index (χ1n) is 12.3. The van der Waals surface area contributed by atoms with Crippen LogP contribution in [0.4, 0.5) is 0 Å². The maximum Gasteiger partial charge on any atom is 0.243 e. The lowest BCUT2D eigenvalue weighted by atomic mass is 9.89. The number of ketones is 2. The fourth-order valence-corrected chi connectivity index (χ4v) is 6.28. The highest BCUT2D eigenvalue weighted by Gasteiger charge is 2.69. The number of Topliss-reactive ketones (excluding diaryl/α,β-unsaturated/α-hetero) is 2. The molecule has 1 aromatic carbocycles. The molecule has 1 N–H and O–H groups in total. The van der Waals surface area contributed by atoms with Crippen LogP contribution in [0.15, 0.2) is 24.3 Å². The van der Waals surface area contributed by atoms with Crippen molar-refractivity contribution >= 4 is 23.4 Å². The first-order valence-corrected chi connectivity index (χ1v) is 12.3. The molecule has 2 fully saturated rings. The number of hydrogen-bond donors (Lipinski definition) is 1. The number of carbonyl (C=O) groups excluding carboxylic acids is 4. The summed E-state index contributed by atoms with van der Waals surface area (Å²) in [5.41, 5.74) is 2.62. The van der Waals surface area contributed by atoms with Gasteiger partial charge in [0.2, 0.25) is 17.6 Å². The van der Waals surface area contributed by atoms with Crippen LogP contribution in [0.5, 0.6) is 0 Å². The van der Waals surface area contributed by atoms with Gasteiger partial charge in [0.15, 0.2) is 5.78 Å². The highest BCUT2D eigenvalue weighted by atomic mass is 16.2. The number of piperidine rings is 1. The molecule has 0 bridgehead atoms. The van der Waals surface area contributed by atoms with Gasteiger partial charge in [-0.15, -0.1) is 0 Å². The van der Waals surface area contributed by atoms with Crippen molar-refractivity contribution in [1.82, 2.24) is 10.2 Å². The van der Waals surface area contributed by atoms with E-state index in [2.05, 4.69) is 31.3 Å². The van der Waals surface area contributed by atoms with E-state index < -0.39 is 23.7 Å². The van der Waals surface area contributed by atoms with Gasteiger partial charge in [-0.05, 0) is 53.6 Å². The summed E-state index contributed by atoms with van der Waals surface area (Å²) in [6.07, 6.45) is 2.86. The van der Waals surface area contributed by atoms with E-state index in [0.29, 0.717) is 25.3 Å². The van der Waals surface area contributed by atoms with Gasteiger partial charge in [0.05, 0.1) is 6.04 Å². The fraction of sp³-hybridized carbons (Fsp3) is 0.630. The lowest BCUT2D eigenvalue weighted by Gasteiger charge is -2.34. The number of amides is 2. The number of benzene rings is 1. The SMILES string of the molecule is CCCC(NC(=O)[C@@H]1[C@@H]2[C@H](CN1C(=O)[C@@H](C)C1Cc3ccccc3C1)C2(C)C)C(=O)C(C)=O. The van der Waals surface area contributed by atoms with Crippen molar-refractivity contribution in [2.75, 3.05) is 6.54 Å². The minimum absolute atomic E-state index is 0.00351. The summed E-state index contributed by atoms with van der Waals surface area (Å²) in [4.78, 5) is 52.9. The number of likely N-dealkylation sites (tertiary alicyclic amines) is 1. The van der Waals surface area contributed by atoms with Crippen LogP contribution in [-0.4, -0.2) is 46.9 Å². The van der Waals surface area contributed by atoms with Gasteiger partial charge in [-0.25, -0.2) is 0 Å². The monoisotopic (exact) mass is 452 g/mol. The number of nitrogens with one attached hydrogen (secondary N) is 1. The Kier molecular flexibility index (Phi) is 6.23. The van der Waals surface area contributed by atoms with E-state index in [4.69, 9.17) is 0 Å². The van der Waals surface area contributed by atoms with Gasteiger partial charge in [0.1, 0.15) is 6.04 Å². The average molecular weight is 453 g/mol. The molecule has 178 valence electrons. The van der Waals surface area contributed by atoms with Crippen LogP contribution in [0.3, 0.4) is 0 Å². The Morgan fingerprint density at radius 3 is 2.27 bits per heavy atom. The topological polar surface area (TPSA) is 83.6 Å². The van der Waals surface area contributed by atoms with E-state index in [1.807, 2.05) is 26.0 Å². The molecule has 0 spiro atoms. The lowest BCUT2D eigenvalue weighted by Crippen LogP contribution is -2.55. The molecule has 0 aromatic heterocycles. The van der Waals surface area contributed by atoms with Crippen molar-refractivity contribution in [3.63, 3.8) is 0 Å². The molecule has 1 unspecified atom stereocenters. The molecule has 33 heavy (non-hydrogen) atoms. The molecule has 1 heterocycles. The van der Waals surface area contributed by atoms with Gasteiger partial charge >= 0.3 is 0 Å². The zero-order valence-electron chi connectivity index (χ0n) is 20.4. The van der Waals surface area contributed by atoms with Crippen LogP contribution in [0, 0.1) is 29.1 Å². The van der Waals surface area contributed by atoms with Gasteiger partial charge in [0.25, 0.3) is 0 Å². The van der Waals surface area contributed by atoms with E-state index in [-0.39, 0.29) is 35.0 Å². The molecule has 1 aromatic rings. The van der Waals surface area contributed by atoms with Crippen molar-refractivity contribution in [3.8, 4) is 0 Å². The summed E-state index contributed by atoms with van der Waals surface area (Å²) in [5, 5.41) is 2.84. The highest BCUT2D eigenvalue weighted by molar-refractivity contribution is 6.38. The fourth-order valence-electron chi connectivity index (χ4n) is 6.28. The van der Waals surface area contributed by atoms with E-state index in [0.717, 1.165) is 12.8 Å². The van der Waals surface area contributed by atoms with Crippen LogP contribution in [0.25, 0.3) is 0 Å². The number of nitrogens with zero attached hydrogens (tertiary/aromatic N) is 1. The minimum atomic E-state index is -0.820. The summed E-state index contributed by atoms with van der Waals surface area (Å²) in [7, 11) is 0. The number of fused-ring (bicyclic) bond motifs is 2. The Bertz CT molecular complexity index is 959. The predicted octanol–water partition coefficient (Wildman–Crippen LogP) is 2.96. The largest absolute Gasteiger partial charge is 0.344 e. The van der Waals surface area contributed by atoms with Gasteiger partial charge in [-0.3, -0.25) is 19.2 Å². The third-order valence-electron chi connectivity index (χ3n) is 8.50. The Morgan fingerprint density at radius 1 is 1.12 bits per heavy atom. The minimum Gasteiger partial charge on any atom is -0.344 e. The molecule has 2 amide bonds. The maximum atomic E-state index is 13.7. The second-order valence-electron chi connectivity index (χ2n) is 10.9. The third kappa shape index (κ3) is 4.13. The van der Waals surface area contributed by atoms with Crippen molar-refractivity contribution in [1.29, 1.82) is 0 Å². The van der Waals surface area contributed by atoms with Crippen molar-refractivity contribution in [2.45, 2.75) is 72.4 Å². The zero-order valence-corrected chi connectivity index (χ0v) is 20.4. The average Bonchev–Trinajstić information content (AvgIpc) is 3.17. The molecule has 2 aliphatic carbocycles. The smallest absolute Gasteiger partial charge is 0.243 e. The van der Waals surface area contributed by atoms with E-state index in [1.54, 1.807) is 4.90 Å². The van der Waals surface area contributed by atoms with Gasteiger partial charge in [-0.2, -0.15) is 0 Å². The molecule has 0 radical (unpaired) electrons. The molecule has 6 nitrogen and oxygen atoms in total. The highest BCUT2D eigenvalue weighted by Crippen LogP contribution is 2.65. The summed E-state index contributed by atoms with van der Waals surface area (Å²) >= 11 is 0. The Hall–Kier alpha value is -2.50. The van der Waals surface area contributed by atoms with Crippen molar-refractivity contribution in [2.24, 2.45) is 29.1 Å². The Morgan fingerprint density at radius 2 is 1.73 bits per heavy atom. The maximum absolute atomic E-state index is 13.7. The second-order valence-corrected chi connectivity index (χ2v) is 10.9. The number of carbonyl (C=O) groups is 4. The Balaban J connectivity index is 1.50. The summed E-state index contributed by atoms with van der Waals surface area (Å²) in [6, 6.07) is 6.95. The van der Waals surface area contributed by atoms with E-state index in [9.17, 15) is 19.2 Å². The van der Waals surface area contributed by atoms with Gasteiger partial charge in [-0.1, -0.05) is 58.4 Å². The van der Waals surface area contributed by atoms with Gasteiger partial charge < -0.3 is 10.2 Å². The number of rotatable bonds is 8. The number of hydrogen-bond acceptors (Lipinski definition) is 4. The molecular weight excluding hydrogens is 416 g/mol. The standard InChI is InChI=1S/C27H36N2O4/c1-6-9-21(24(31)16(3)30)28-25(32)23-22-20(27(22,4)5)14-29(23)26(33)15(2)19-12-17-10-7-8-11-18(17)13-19/h7-8,10-11,15,19-23H,6,9,12-14H2,1-5H3,(H,28,32)/t15-,20-,21?,22-,23-/m0/s1. The first kappa shape index (κ1) is 23.7. The molecule has 3 aliphatic rings. The van der Waals surface area contributed by atoms with Crippen molar-refractivity contribution < 1.29 is 19.2 Å². The normalized spacial score (nSPS) is 26.8. The molecule has 1 saturated heterocycles. The van der Waals surface area contributed by atoms with E-state index >= 15 is 0 Å². The zero-order chi connectivity index (χ0) is 24.1. The molecule has 1 saturated carbocycles. The lowest BCUT2D eigenvalue weighted by molar-refractivity contribution is -0.145. The quantitative estimate of drug-likeness (QED) is 0.615. The summed E-state index contributed by atoms with van der Waals surface area (Å²) < 4.78 is 0. The Labute approximate surface area is 196 Å². The molecule has 5 atom stereocenters. The van der Waals surface area contributed by atoms with E-state index in [1.165, 1.54) is 18.1 Å². The summed E-state index contributed by atoms with van der Waals surface area (Å²) in [5.74, 6) is -0.953. The van der Waals surface area contributed by atoms with Crippen LogP contribution in [0.1, 0.15) is 58.6 Å². The van der Waals surface area contributed by atoms with Crippen molar-refractivity contribution in [3.05, 3.63) is 35.4 Å². The summed E-state index contributed by atoms with van der Waals surface area (Å²) in [6.45, 7) is 10.0. The second kappa shape index (κ2) is 8.69. The predicted molar refractivity (Wildman–Crippen MR) is 125 cm³/mol.